The highest BCUT2D eigenvalue weighted by atomic mass is 16.3. The molecular weight excluding hydrogens is 140 g/mol. The standard InChI is InChI=1S/C9H16O2/c1-3-4-5-6-9(11)7-8(2)10/h5-6,9,11H,3-4,7H2,1-2H3/b6-5+. The number of unbranched alkanes of at least 4 members (excludes halogenated alkanes) is 1. The van der Waals surface area contributed by atoms with Crippen LogP contribution in [0.2, 0.25) is 0 Å². The molecule has 0 aromatic heterocycles. The summed E-state index contributed by atoms with van der Waals surface area (Å²) in [4.78, 5) is 10.5. The predicted molar refractivity (Wildman–Crippen MR) is 45.4 cm³/mol. The Morgan fingerprint density at radius 3 is 2.73 bits per heavy atom. The number of carbonyl (C=O) groups excluding carboxylic acids is 1. The van der Waals surface area contributed by atoms with Crippen LogP contribution in [0.1, 0.15) is 33.1 Å². The molecule has 64 valence electrons. The minimum Gasteiger partial charge on any atom is -0.389 e. The van der Waals surface area contributed by atoms with Crippen LogP contribution >= 0.6 is 0 Å². The number of hydrogen-bond donors (Lipinski definition) is 1. The Morgan fingerprint density at radius 1 is 1.64 bits per heavy atom. The van der Waals surface area contributed by atoms with Crippen LogP contribution in [0.15, 0.2) is 12.2 Å². The van der Waals surface area contributed by atoms with Crippen molar-refractivity contribution in [1.29, 1.82) is 0 Å². The molecule has 0 aromatic rings. The van der Waals surface area contributed by atoms with E-state index in [0.717, 1.165) is 12.8 Å². The van der Waals surface area contributed by atoms with Crippen LogP contribution < -0.4 is 0 Å². The van der Waals surface area contributed by atoms with Gasteiger partial charge in [-0.1, -0.05) is 25.5 Å². The van der Waals surface area contributed by atoms with Gasteiger partial charge in [0, 0.05) is 6.42 Å². The first kappa shape index (κ1) is 10.4. The second kappa shape index (κ2) is 6.10. The molecule has 11 heavy (non-hydrogen) atoms. The Balaban J connectivity index is 3.50. The third-order valence-electron chi connectivity index (χ3n) is 1.31. The fourth-order valence-electron chi connectivity index (χ4n) is 0.783. The number of hydrogen-bond acceptors (Lipinski definition) is 2. The van der Waals surface area contributed by atoms with Gasteiger partial charge < -0.3 is 5.11 Å². The SMILES string of the molecule is CCC/C=C/C(O)CC(C)=O. The van der Waals surface area contributed by atoms with E-state index in [-0.39, 0.29) is 12.2 Å². The van der Waals surface area contributed by atoms with Gasteiger partial charge in [0.2, 0.25) is 0 Å². The van der Waals surface area contributed by atoms with E-state index in [2.05, 4.69) is 6.92 Å². The molecule has 0 aliphatic carbocycles. The second-order valence-corrected chi connectivity index (χ2v) is 2.69. The quantitative estimate of drug-likeness (QED) is 0.615. The Hall–Kier alpha value is -0.630. The molecule has 0 aromatic carbocycles. The number of rotatable bonds is 5. The first-order valence-electron chi connectivity index (χ1n) is 4.01. The normalized spacial score (nSPS) is 13.7. The molecule has 1 atom stereocenters. The maximum atomic E-state index is 10.5. The fraction of sp³-hybridized carbons (Fsp3) is 0.667. The summed E-state index contributed by atoms with van der Waals surface area (Å²) in [5, 5.41) is 9.14. The number of aliphatic hydroxyl groups excluding tert-OH is 1. The van der Waals surface area contributed by atoms with Crippen molar-refractivity contribution in [2.45, 2.75) is 39.2 Å². The van der Waals surface area contributed by atoms with Gasteiger partial charge in [-0.3, -0.25) is 4.79 Å². The summed E-state index contributed by atoms with van der Waals surface area (Å²) in [5.74, 6) is 0.0265. The Labute approximate surface area is 67.9 Å². The van der Waals surface area contributed by atoms with E-state index < -0.39 is 6.10 Å². The Bertz CT molecular complexity index is 138. The van der Waals surface area contributed by atoms with Crippen LogP contribution in [-0.2, 0) is 4.79 Å². The smallest absolute Gasteiger partial charge is 0.132 e. The van der Waals surface area contributed by atoms with E-state index >= 15 is 0 Å². The molecule has 0 rings (SSSR count). The molecule has 2 nitrogen and oxygen atoms in total. The molecule has 0 aliphatic rings. The maximum Gasteiger partial charge on any atom is 0.132 e. The van der Waals surface area contributed by atoms with E-state index in [0.29, 0.717) is 0 Å². The van der Waals surface area contributed by atoms with Crippen molar-refractivity contribution in [3.63, 3.8) is 0 Å². The van der Waals surface area contributed by atoms with Crippen LogP contribution in [0.3, 0.4) is 0 Å². The molecule has 1 N–H and O–H groups in total. The van der Waals surface area contributed by atoms with E-state index in [9.17, 15) is 4.79 Å². The van der Waals surface area contributed by atoms with Crippen LogP contribution in [0.5, 0.6) is 0 Å². The lowest BCUT2D eigenvalue weighted by Crippen LogP contribution is -2.07. The maximum absolute atomic E-state index is 10.5. The van der Waals surface area contributed by atoms with Crippen LogP contribution in [0, 0.1) is 0 Å². The molecule has 0 spiro atoms. The van der Waals surface area contributed by atoms with Crippen molar-refractivity contribution in [2.75, 3.05) is 0 Å². The summed E-state index contributed by atoms with van der Waals surface area (Å²) in [6, 6.07) is 0. The molecule has 0 fully saturated rings. The zero-order chi connectivity index (χ0) is 8.69. The van der Waals surface area contributed by atoms with Crippen LogP contribution in [0.4, 0.5) is 0 Å². The minimum atomic E-state index is -0.584. The molecule has 0 saturated heterocycles. The lowest BCUT2D eigenvalue weighted by atomic mass is 10.1. The van der Waals surface area contributed by atoms with Crippen molar-refractivity contribution >= 4 is 5.78 Å². The average molecular weight is 156 g/mol. The largest absolute Gasteiger partial charge is 0.389 e. The van der Waals surface area contributed by atoms with E-state index in [4.69, 9.17) is 5.11 Å². The summed E-state index contributed by atoms with van der Waals surface area (Å²) < 4.78 is 0. The van der Waals surface area contributed by atoms with Gasteiger partial charge in [0.05, 0.1) is 6.10 Å². The predicted octanol–water partition coefficient (Wildman–Crippen LogP) is 1.68. The zero-order valence-corrected chi connectivity index (χ0v) is 7.21. The van der Waals surface area contributed by atoms with Crippen molar-refractivity contribution < 1.29 is 9.90 Å². The highest BCUT2D eigenvalue weighted by molar-refractivity contribution is 5.76. The molecule has 0 heterocycles. The molecule has 2 heteroatoms. The van der Waals surface area contributed by atoms with Crippen molar-refractivity contribution in [3.8, 4) is 0 Å². The fourth-order valence-corrected chi connectivity index (χ4v) is 0.783. The average Bonchev–Trinajstić information content (AvgIpc) is 1.86. The molecule has 0 radical (unpaired) electrons. The first-order valence-corrected chi connectivity index (χ1v) is 4.01. The van der Waals surface area contributed by atoms with Gasteiger partial charge in [0.1, 0.15) is 5.78 Å². The minimum absolute atomic E-state index is 0.0265. The van der Waals surface area contributed by atoms with Gasteiger partial charge >= 0.3 is 0 Å². The van der Waals surface area contributed by atoms with E-state index in [1.807, 2.05) is 6.08 Å². The van der Waals surface area contributed by atoms with Crippen LogP contribution in [0.25, 0.3) is 0 Å². The number of Topliss-reactive ketones (excluding diaryl/α,β-unsaturated/α-hetero) is 1. The third kappa shape index (κ3) is 7.26. The zero-order valence-electron chi connectivity index (χ0n) is 7.21. The molecule has 0 saturated carbocycles. The van der Waals surface area contributed by atoms with Crippen molar-refractivity contribution in [3.05, 3.63) is 12.2 Å². The summed E-state index contributed by atoms with van der Waals surface area (Å²) in [6.07, 6.45) is 5.29. The lowest BCUT2D eigenvalue weighted by Gasteiger charge is -1.99. The highest BCUT2D eigenvalue weighted by Gasteiger charge is 2.00. The van der Waals surface area contributed by atoms with Gasteiger partial charge in [-0.05, 0) is 13.3 Å². The van der Waals surface area contributed by atoms with Gasteiger partial charge in [-0.25, -0.2) is 0 Å². The second-order valence-electron chi connectivity index (χ2n) is 2.69. The Kier molecular flexibility index (Phi) is 5.75. The number of allylic oxidation sites excluding steroid dienone is 1. The molecular formula is C9H16O2. The molecule has 1 unspecified atom stereocenters. The van der Waals surface area contributed by atoms with Gasteiger partial charge in [0.15, 0.2) is 0 Å². The molecule has 0 amide bonds. The number of ketones is 1. The summed E-state index contributed by atoms with van der Waals surface area (Å²) in [7, 11) is 0. The number of aliphatic hydroxyl groups is 1. The summed E-state index contributed by atoms with van der Waals surface area (Å²) in [6.45, 7) is 3.55. The van der Waals surface area contributed by atoms with Crippen molar-refractivity contribution in [1.82, 2.24) is 0 Å². The summed E-state index contributed by atoms with van der Waals surface area (Å²) in [5.41, 5.74) is 0. The monoisotopic (exact) mass is 156 g/mol. The van der Waals surface area contributed by atoms with Gasteiger partial charge in [-0.2, -0.15) is 0 Å². The topological polar surface area (TPSA) is 37.3 Å². The van der Waals surface area contributed by atoms with Crippen LogP contribution in [-0.4, -0.2) is 17.0 Å². The van der Waals surface area contributed by atoms with Crippen molar-refractivity contribution in [2.24, 2.45) is 0 Å². The highest BCUT2D eigenvalue weighted by Crippen LogP contribution is 1.97. The Morgan fingerprint density at radius 2 is 2.27 bits per heavy atom. The first-order chi connectivity index (χ1) is 5.16. The van der Waals surface area contributed by atoms with E-state index in [1.165, 1.54) is 6.92 Å². The summed E-state index contributed by atoms with van der Waals surface area (Å²) >= 11 is 0. The third-order valence-corrected chi connectivity index (χ3v) is 1.31. The lowest BCUT2D eigenvalue weighted by molar-refractivity contribution is -0.118. The number of carbonyl (C=O) groups is 1. The molecule has 0 bridgehead atoms. The van der Waals surface area contributed by atoms with Gasteiger partial charge in [-0.15, -0.1) is 0 Å². The van der Waals surface area contributed by atoms with Gasteiger partial charge in [0.25, 0.3) is 0 Å². The molecule has 0 aliphatic heterocycles. The van der Waals surface area contributed by atoms with E-state index in [1.54, 1.807) is 6.08 Å².